The zero-order valence-corrected chi connectivity index (χ0v) is 13.4. The summed E-state index contributed by atoms with van der Waals surface area (Å²) in [5.74, 6) is 5.28. The maximum Gasteiger partial charge on any atom is 0.264 e. The van der Waals surface area contributed by atoms with Gasteiger partial charge in [-0.15, -0.1) is 0 Å². The second kappa shape index (κ2) is 5.89. The van der Waals surface area contributed by atoms with Crippen LogP contribution >= 0.6 is 22.6 Å². The molecular formula is C11H12IN5O2S. The van der Waals surface area contributed by atoms with E-state index in [1.165, 1.54) is 12.4 Å². The van der Waals surface area contributed by atoms with Crippen LogP contribution in [0.3, 0.4) is 0 Å². The Labute approximate surface area is 130 Å². The number of sulfonamides is 1. The highest BCUT2D eigenvalue weighted by molar-refractivity contribution is 14.1. The molecule has 20 heavy (non-hydrogen) atoms. The van der Waals surface area contributed by atoms with E-state index in [0.717, 1.165) is 9.13 Å². The van der Waals surface area contributed by atoms with Gasteiger partial charge in [-0.3, -0.25) is 10.1 Å². The summed E-state index contributed by atoms with van der Waals surface area (Å²) in [7, 11) is -3.72. The number of halogens is 1. The van der Waals surface area contributed by atoms with Gasteiger partial charge in [0.15, 0.2) is 0 Å². The quantitative estimate of drug-likeness (QED) is 0.404. The molecule has 0 unspecified atom stereocenters. The lowest BCUT2D eigenvalue weighted by Crippen LogP contribution is -2.16. The van der Waals surface area contributed by atoms with Gasteiger partial charge in [0.25, 0.3) is 10.0 Å². The van der Waals surface area contributed by atoms with Gasteiger partial charge in [0.1, 0.15) is 4.90 Å². The zero-order chi connectivity index (χ0) is 14.8. The molecule has 1 aromatic carbocycles. The number of hydrogen-bond acceptors (Lipinski definition) is 6. The maximum atomic E-state index is 12.2. The van der Waals surface area contributed by atoms with E-state index in [4.69, 9.17) is 5.84 Å². The Morgan fingerprint density at radius 2 is 1.90 bits per heavy atom. The molecular weight excluding hydrogens is 393 g/mol. The van der Waals surface area contributed by atoms with E-state index in [2.05, 4.69) is 42.7 Å². The van der Waals surface area contributed by atoms with Crippen LogP contribution in [-0.4, -0.2) is 18.4 Å². The first-order chi connectivity index (χ1) is 9.42. The van der Waals surface area contributed by atoms with Crippen molar-refractivity contribution in [3.63, 3.8) is 0 Å². The molecule has 0 saturated carbocycles. The van der Waals surface area contributed by atoms with Crippen LogP contribution in [0.2, 0.25) is 0 Å². The Balaban J connectivity index is 2.32. The minimum absolute atomic E-state index is 0.0326. The highest BCUT2D eigenvalue weighted by atomic mass is 127. The molecule has 4 N–H and O–H groups in total. The number of nitrogens with two attached hydrogens (primary N) is 1. The van der Waals surface area contributed by atoms with Crippen molar-refractivity contribution in [2.75, 3.05) is 10.1 Å². The summed E-state index contributed by atoms with van der Waals surface area (Å²) in [4.78, 5) is 7.52. The second-order valence-electron chi connectivity index (χ2n) is 3.95. The topological polar surface area (TPSA) is 110 Å². The first-order valence-corrected chi connectivity index (χ1v) is 8.06. The van der Waals surface area contributed by atoms with Crippen LogP contribution in [-0.2, 0) is 10.0 Å². The summed E-state index contributed by atoms with van der Waals surface area (Å²) >= 11 is 2.12. The smallest absolute Gasteiger partial charge is 0.264 e. The molecule has 0 fully saturated rings. The van der Waals surface area contributed by atoms with Crippen molar-refractivity contribution in [3.8, 4) is 0 Å². The Morgan fingerprint density at radius 1 is 1.25 bits per heavy atom. The summed E-state index contributed by atoms with van der Waals surface area (Å²) < 4.78 is 27.9. The lowest BCUT2D eigenvalue weighted by molar-refractivity contribution is 0.600. The van der Waals surface area contributed by atoms with E-state index < -0.39 is 10.0 Å². The fourth-order valence-electron chi connectivity index (χ4n) is 1.44. The number of nitrogens with zero attached hydrogens (tertiary/aromatic N) is 2. The summed E-state index contributed by atoms with van der Waals surface area (Å²) in [5, 5.41) is 0. The lowest BCUT2D eigenvalue weighted by atomic mass is 10.2. The van der Waals surface area contributed by atoms with Crippen LogP contribution in [0.5, 0.6) is 0 Å². The standard InChI is InChI=1S/C11H12IN5O2S/c1-7-2-3-8(12)4-10(7)17-20(18,19)9-5-14-11(16-13)15-6-9/h2-6,17H,13H2,1H3,(H,14,15,16). The third kappa shape index (κ3) is 3.35. The zero-order valence-electron chi connectivity index (χ0n) is 10.5. The van der Waals surface area contributed by atoms with Gasteiger partial charge in [-0.1, -0.05) is 6.07 Å². The highest BCUT2D eigenvalue weighted by Gasteiger charge is 2.16. The first kappa shape index (κ1) is 14.9. The van der Waals surface area contributed by atoms with E-state index in [-0.39, 0.29) is 10.8 Å². The molecule has 2 aromatic rings. The largest absolute Gasteiger partial charge is 0.292 e. The van der Waals surface area contributed by atoms with Gasteiger partial charge in [-0.05, 0) is 47.2 Å². The molecule has 0 spiro atoms. The number of nitrogens with one attached hydrogen (secondary N) is 2. The number of nitrogen functional groups attached to an aromatic ring is 1. The van der Waals surface area contributed by atoms with Crippen molar-refractivity contribution in [1.29, 1.82) is 0 Å². The average Bonchev–Trinajstić information content (AvgIpc) is 2.43. The van der Waals surface area contributed by atoms with Gasteiger partial charge in [0.2, 0.25) is 5.95 Å². The second-order valence-corrected chi connectivity index (χ2v) is 6.88. The van der Waals surface area contributed by atoms with E-state index in [0.29, 0.717) is 5.69 Å². The van der Waals surface area contributed by atoms with Crippen LogP contribution in [0, 0.1) is 10.5 Å². The summed E-state index contributed by atoms with van der Waals surface area (Å²) in [6.45, 7) is 1.83. The Hall–Kier alpha value is -1.46. The van der Waals surface area contributed by atoms with Gasteiger partial charge in [-0.25, -0.2) is 24.2 Å². The number of hydrogen-bond donors (Lipinski definition) is 3. The van der Waals surface area contributed by atoms with Gasteiger partial charge < -0.3 is 0 Å². The van der Waals surface area contributed by atoms with E-state index in [1.54, 1.807) is 6.07 Å². The number of aryl methyl sites for hydroxylation is 1. The van der Waals surface area contributed by atoms with Crippen molar-refractivity contribution in [2.45, 2.75) is 11.8 Å². The number of benzene rings is 1. The first-order valence-electron chi connectivity index (χ1n) is 5.50. The Bertz CT molecular complexity index is 718. The third-order valence-electron chi connectivity index (χ3n) is 2.51. The average molecular weight is 405 g/mol. The molecule has 0 bridgehead atoms. The number of aromatic nitrogens is 2. The molecule has 0 saturated heterocycles. The van der Waals surface area contributed by atoms with E-state index in [9.17, 15) is 8.42 Å². The number of rotatable bonds is 4. The monoisotopic (exact) mass is 405 g/mol. The molecule has 9 heteroatoms. The van der Waals surface area contributed by atoms with Crippen molar-refractivity contribution in [3.05, 3.63) is 39.7 Å². The van der Waals surface area contributed by atoms with Crippen molar-refractivity contribution < 1.29 is 8.42 Å². The lowest BCUT2D eigenvalue weighted by Gasteiger charge is -2.10. The fraction of sp³-hybridized carbons (Fsp3) is 0.0909. The molecule has 2 rings (SSSR count). The molecule has 106 valence electrons. The van der Waals surface area contributed by atoms with Gasteiger partial charge in [-0.2, -0.15) is 0 Å². The van der Waals surface area contributed by atoms with Crippen molar-refractivity contribution in [1.82, 2.24) is 9.97 Å². The summed E-state index contributed by atoms with van der Waals surface area (Å²) in [5.41, 5.74) is 3.59. The van der Waals surface area contributed by atoms with Crippen molar-refractivity contribution >= 4 is 44.2 Å². The van der Waals surface area contributed by atoms with Gasteiger partial charge >= 0.3 is 0 Å². The van der Waals surface area contributed by atoms with E-state index in [1.807, 2.05) is 19.1 Å². The predicted molar refractivity (Wildman–Crippen MR) is 84.5 cm³/mol. The minimum atomic E-state index is -3.72. The van der Waals surface area contributed by atoms with E-state index >= 15 is 0 Å². The maximum absolute atomic E-state index is 12.2. The van der Waals surface area contributed by atoms with Crippen LogP contribution in [0.1, 0.15) is 5.56 Å². The fourth-order valence-corrected chi connectivity index (χ4v) is 2.94. The van der Waals surface area contributed by atoms with Crippen LogP contribution in [0.15, 0.2) is 35.5 Å². The van der Waals surface area contributed by atoms with Crippen molar-refractivity contribution in [2.24, 2.45) is 5.84 Å². The Morgan fingerprint density at radius 3 is 2.50 bits per heavy atom. The van der Waals surface area contributed by atoms with Crippen LogP contribution in [0.25, 0.3) is 0 Å². The van der Waals surface area contributed by atoms with Crippen LogP contribution in [0.4, 0.5) is 11.6 Å². The number of hydrazine groups is 1. The molecule has 1 heterocycles. The molecule has 0 aliphatic heterocycles. The molecule has 0 atom stereocenters. The molecule has 7 nitrogen and oxygen atoms in total. The van der Waals surface area contributed by atoms with Gasteiger partial charge in [0, 0.05) is 3.57 Å². The summed E-state index contributed by atoms with van der Waals surface area (Å²) in [6.07, 6.45) is 2.38. The van der Waals surface area contributed by atoms with Crippen LogP contribution < -0.4 is 16.0 Å². The highest BCUT2D eigenvalue weighted by Crippen LogP contribution is 2.21. The van der Waals surface area contributed by atoms with Gasteiger partial charge in [0.05, 0.1) is 18.1 Å². The SMILES string of the molecule is Cc1ccc(I)cc1NS(=O)(=O)c1cnc(NN)nc1. The molecule has 0 aliphatic rings. The summed E-state index contributed by atoms with van der Waals surface area (Å²) in [6, 6.07) is 5.50. The number of anilines is 2. The minimum Gasteiger partial charge on any atom is -0.292 e. The molecule has 1 aromatic heterocycles. The molecule has 0 amide bonds. The predicted octanol–water partition coefficient (Wildman–Crippen LogP) is 1.48. The molecule has 0 radical (unpaired) electrons. The molecule has 0 aliphatic carbocycles. The Kier molecular flexibility index (Phi) is 4.40. The third-order valence-corrected chi connectivity index (χ3v) is 4.50. The normalized spacial score (nSPS) is 11.2.